The number of aliphatic carboxylic acids is 1. The number of carbonyl (C=O) groups is 1. The number of benzene rings is 1. The molecule has 0 heterocycles. The fourth-order valence-corrected chi connectivity index (χ4v) is 2.69. The van der Waals surface area contributed by atoms with E-state index in [9.17, 15) is 4.79 Å². The van der Waals surface area contributed by atoms with Crippen LogP contribution in [0.5, 0.6) is 0 Å². The van der Waals surface area contributed by atoms with Gasteiger partial charge in [-0.2, -0.15) is 0 Å². The van der Waals surface area contributed by atoms with Crippen molar-refractivity contribution in [2.45, 2.75) is 38.0 Å². The van der Waals surface area contributed by atoms with Gasteiger partial charge in [0.25, 0.3) is 0 Å². The summed E-state index contributed by atoms with van der Waals surface area (Å²) in [6.45, 7) is 0. The molecule has 86 valence electrons. The Kier molecular flexibility index (Phi) is 3.60. The zero-order chi connectivity index (χ0) is 11.4. The summed E-state index contributed by atoms with van der Waals surface area (Å²) in [5.74, 6) is 0.601. The second kappa shape index (κ2) is 5.15. The van der Waals surface area contributed by atoms with Gasteiger partial charge in [0.15, 0.2) is 0 Å². The second-order valence-electron chi connectivity index (χ2n) is 4.72. The molecular formula is C14H18O2. The molecule has 1 aliphatic rings. The first-order valence-electron chi connectivity index (χ1n) is 6.02. The fourth-order valence-electron chi connectivity index (χ4n) is 2.69. The molecular weight excluding hydrogens is 200 g/mol. The van der Waals surface area contributed by atoms with Gasteiger partial charge in [-0.3, -0.25) is 4.79 Å². The first-order chi connectivity index (χ1) is 7.75. The highest BCUT2D eigenvalue weighted by Gasteiger charge is 2.25. The number of hydrogen-bond donors (Lipinski definition) is 1. The van der Waals surface area contributed by atoms with Gasteiger partial charge in [-0.25, -0.2) is 0 Å². The number of carboxylic acids is 1. The molecule has 1 aromatic carbocycles. The summed E-state index contributed by atoms with van der Waals surface area (Å²) in [6, 6.07) is 10.6. The molecule has 1 aliphatic carbocycles. The van der Waals surface area contributed by atoms with E-state index in [0.29, 0.717) is 18.3 Å². The van der Waals surface area contributed by atoms with Crippen LogP contribution in [0.4, 0.5) is 0 Å². The van der Waals surface area contributed by atoms with Gasteiger partial charge in [0.05, 0.1) is 0 Å². The van der Waals surface area contributed by atoms with Crippen LogP contribution in [0.2, 0.25) is 0 Å². The molecule has 0 amide bonds. The van der Waals surface area contributed by atoms with Crippen LogP contribution in [0.15, 0.2) is 30.3 Å². The van der Waals surface area contributed by atoms with Crippen LogP contribution in [0.1, 0.15) is 43.6 Å². The zero-order valence-electron chi connectivity index (χ0n) is 9.43. The SMILES string of the molecule is O=C(O)CCC1CCC(c2ccccc2)C1. The predicted molar refractivity (Wildman–Crippen MR) is 63.4 cm³/mol. The maximum absolute atomic E-state index is 10.5. The van der Waals surface area contributed by atoms with Crippen molar-refractivity contribution < 1.29 is 9.90 Å². The molecule has 2 rings (SSSR count). The summed E-state index contributed by atoms with van der Waals surface area (Å²) in [4.78, 5) is 10.5. The van der Waals surface area contributed by atoms with Gasteiger partial charge in [-0.15, -0.1) is 0 Å². The van der Waals surface area contributed by atoms with Crippen molar-refractivity contribution in [1.82, 2.24) is 0 Å². The third-order valence-corrected chi connectivity index (χ3v) is 3.58. The minimum absolute atomic E-state index is 0.326. The van der Waals surface area contributed by atoms with Crippen molar-refractivity contribution in [3.05, 3.63) is 35.9 Å². The Balaban J connectivity index is 1.86. The summed E-state index contributed by atoms with van der Waals surface area (Å²) in [7, 11) is 0. The Morgan fingerprint density at radius 3 is 2.69 bits per heavy atom. The van der Waals surface area contributed by atoms with Gasteiger partial charge >= 0.3 is 5.97 Å². The lowest BCUT2D eigenvalue weighted by atomic mass is 9.95. The van der Waals surface area contributed by atoms with Crippen molar-refractivity contribution in [1.29, 1.82) is 0 Å². The van der Waals surface area contributed by atoms with Crippen LogP contribution in [0, 0.1) is 5.92 Å². The largest absolute Gasteiger partial charge is 0.481 e. The van der Waals surface area contributed by atoms with Crippen LogP contribution < -0.4 is 0 Å². The van der Waals surface area contributed by atoms with Gasteiger partial charge in [0.1, 0.15) is 0 Å². The molecule has 0 radical (unpaired) electrons. The van der Waals surface area contributed by atoms with Gasteiger partial charge in [-0.05, 0) is 43.1 Å². The smallest absolute Gasteiger partial charge is 0.303 e. The number of carboxylic acid groups (broad SMARTS) is 1. The van der Waals surface area contributed by atoms with E-state index in [0.717, 1.165) is 12.8 Å². The highest BCUT2D eigenvalue weighted by molar-refractivity contribution is 5.66. The second-order valence-corrected chi connectivity index (χ2v) is 4.72. The van der Waals surface area contributed by atoms with Crippen molar-refractivity contribution in [3.63, 3.8) is 0 Å². The highest BCUT2D eigenvalue weighted by atomic mass is 16.4. The van der Waals surface area contributed by atoms with Crippen LogP contribution in [0.25, 0.3) is 0 Å². The fraction of sp³-hybridized carbons (Fsp3) is 0.500. The normalized spacial score (nSPS) is 24.5. The molecule has 16 heavy (non-hydrogen) atoms. The van der Waals surface area contributed by atoms with Crippen molar-refractivity contribution >= 4 is 5.97 Å². The van der Waals surface area contributed by atoms with E-state index < -0.39 is 5.97 Å². The monoisotopic (exact) mass is 218 g/mol. The third-order valence-electron chi connectivity index (χ3n) is 3.58. The van der Waals surface area contributed by atoms with E-state index in [2.05, 4.69) is 24.3 Å². The molecule has 2 unspecified atom stereocenters. The quantitative estimate of drug-likeness (QED) is 0.840. The molecule has 0 bridgehead atoms. The molecule has 0 aromatic heterocycles. The lowest BCUT2D eigenvalue weighted by Crippen LogP contribution is -2.01. The van der Waals surface area contributed by atoms with Gasteiger partial charge < -0.3 is 5.11 Å². The molecule has 1 saturated carbocycles. The first-order valence-corrected chi connectivity index (χ1v) is 6.02. The average Bonchev–Trinajstić information content (AvgIpc) is 2.76. The molecule has 2 nitrogen and oxygen atoms in total. The van der Waals surface area contributed by atoms with Crippen molar-refractivity contribution in [2.24, 2.45) is 5.92 Å². The zero-order valence-corrected chi connectivity index (χ0v) is 9.43. The third kappa shape index (κ3) is 2.84. The molecule has 0 saturated heterocycles. The summed E-state index contributed by atoms with van der Waals surface area (Å²) < 4.78 is 0. The van der Waals surface area contributed by atoms with E-state index in [1.54, 1.807) is 0 Å². The van der Waals surface area contributed by atoms with E-state index in [4.69, 9.17) is 5.11 Å². The number of rotatable bonds is 4. The van der Waals surface area contributed by atoms with Crippen molar-refractivity contribution in [2.75, 3.05) is 0 Å². The summed E-state index contributed by atoms with van der Waals surface area (Å²) in [5, 5.41) is 8.66. The van der Waals surface area contributed by atoms with Crippen LogP contribution >= 0.6 is 0 Å². The summed E-state index contributed by atoms with van der Waals surface area (Å²) >= 11 is 0. The molecule has 0 spiro atoms. The van der Waals surface area contributed by atoms with Crippen LogP contribution in [-0.4, -0.2) is 11.1 Å². The summed E-state index contributed by atoms with van der Waals surface area (Å²) in [6.07, 6.45) is 4.74. The Morgan fingerprint density at radius 1 is 1.25 bits per heavy atom. The van der Waals surface area contributed by atoms with Crippen LogP contribution in [0.3, 0.4) is 0 Å². The molecule has 2 atom stereocenters. The van der Waals surface area contributed by atoms with E-state index in [-0.39, 0.29) is 0 Å². The van der Waals surface area contributed by atoms with Crippen LogP contribution in [-0.2, 0) is 4.79 Å². The van der Waals surface area contributed by atoms with Crippen molar-refractivity contribution in [3.8, 4) is 0 Å². The van der Waals surface area contributed by atoms with Gasteiger partial charge in [0.2, 0.25) is 0 Å². The molecule has 1 N–H and O–H groups in total. The Labute approximate surface area is 96.3 Å². The minimum Gasteiger partial charge on any atom is -0.481 e. The minimum atomic E-state index is -0.664. The Hall–Kier alpha value is -1.31. The van der Waals surface area contributed by atoms with Gasteiger partial charge in [0, 0.05) is 6.42 Å². The molecule has 0 aliphatic heterocycles. The lowest BCUT2D eigenvalue weighted by Gasteiger charge is -2.10. The Morgan fingerprint density at radius 2 is 2.00 bits per heavy atom. The van der Waals surface area contributed by atoms with E-state index in [1.807, 2.05) is 6.07 Å². The Bertz CT molecular complexity index is 345. The maximum atomic E-state index is 10.5. The molecule has 1 fully saturated rings. The topological polar surface area (TPSA) is 37.3 Å². The average molecular weight is 218 g/mol. The molecule has 2 heteroatoms. The maximum Gasteiger partial charge on any atom is 0.303 e. The number of hydrogen-bond acceptors (Lipinski definition) is 1. The molecule has 1 aromatic rings. The first kappa shape index (κ1) is 11.2. The lowest BCUT2D eigenvalue weighted by molar-refractivity contribution is -0.137. The summed E-state index contributed by atoms with van der Waals surface area (Å²) in [5.41, 5.74) is 1.42. The highest BCUT2D eigenvalue weighted by Crippen LogP contribution is 2.39. The van der Waals surface area contributed by atoms with E-state index in [1.165, 1.54) is 18.4 Å². The van der Waals surface area contributed by atoms with Gasteiger partial charge in [-0.1, -0.05) is 30.3 Å². The predicted octanol–water partition coefficient (Wildman–Crippen LogP) is 3.44. The standard InChI is InChI=1S/C14H18O2/c15-14(16)9-7-11-6-8-13(10-11)12-4-2-1-3-5-12/h1-5,11,13H,6-10H2,(H,15,16). The van der Waals surface area contributed by atoms with E-state index >= 15 is 0 Å².